The summed E-state index contributed by atoms with van der Waals surface area (Å²) in [6.45, 7) is 0. The highest BCUT2D eigenvalue weighted by molar-refractivity contribution is 7.98. The van der Waals surface area contributed by atoms with Gasteiger partial charge in [-0.1, -0.05) is 0 Å². The van der Waals surface area contributed by atoms with Gasteiger partial charge in [0, 0.05) is 16.3 Å². The van der Waals surface area contributed by atoms with Crippen LogP contribution in [0, 0.1) is 23.0 Å². The Balaban J connectivity index is 2.16. The lowest BCUT2D eigenvalue weighted by atomic mass is 10.1. The number of halogens is 2. The summed E-state index contributed by atoms with van der Waals surface area (Å²) < 4.78 is 26.7. The van der Waals surface area contributed by atoms with E-state index in [1.54, 1.807) is 6.07 Å². The zero-order chi connectivity index (χ0) is 13.8. The molecule has 0 heterocycles. The monoisotopic (exact) mass is 276 g/mol. The summed E-state index contributed by atoms with van der Waals surface area (Å²) >= 11 is 1.27. The molecule has 0 atom stereocenters. The van der Waals surface area contributed by atoms with Gasteiger partial charge in [0.25, 0.3) is 0 Å². The van der Waals surface area contributed by atoms with Crippen molar-refractivity contribution >= 4 is 17.4 Å². The van der Waals surface area contributed by atoms with E-state index in [9.17, 15) is 8.78 Å². The maximum atomic E-state index is 13.5. The molecule has 0 spiro atoms. The number of hydrogen-bond donors (Lipinski definition) is 1. The predicted molar refractivity (Wildman–Crippen MR) is 71.5 cm³/mol. The number of nitrogens with two attached hydrogens (primary N) is 1. The Bertz CT molecular complexity index is 630. The second-order valence-electron chi connectivity index (χ2n) is 3.93. The first-order chi connectivity index (χ1) is 9.08. The van der Waals surface area contributed by atoms with Crippen LogP contribution in [0.25, 0.3) is 0 Å². The summed E-state index contributed by atoms with van der Waals surface area (Å²) in [6.07, 6.45) is 0. The van der Waals surface area contributed by atoms with Crippen molar-refractivity contribution in [2.75, 3.05) is 5.73 Å². The molecule has 96 valence electrons. The Hall–Kier alpha value is -2.06. The third-order valence-corrected chi connectivity index (χ3v) is 3.49. The molecule has 0 aliphatic carbocycles. The van der Waals surface area contributed by atoms with Crippen LogP contribution in [0.5, 0.6) is 0 Å². The molecule has 0 aliphatic heterocycles. The molecule has 5 heteroatoms. The minimum atomic E-state index is -0.422. The summed E-state index contributed by atoms with van der Waals surface area (Å²) in [4.78, 5) is 0.624. The third kappa shape index (κ3) is 3.46. The molecule has 0 fully saturated rings. The van der Waals surface area contributed by atoms with Crippen molar-refractivity contribution in [1.29, 1.82) is 5.26 Å². The number of anilines is 1. The van der Waals surface area contributed by atoms with Crippen molar-refractivity contribution in [3.05, 3.63) is 59.2 Å². The molecule has 2 aromatic carbocycles. The molecular formula is C14H10F2N2S. The molecule has 2 N–H and O–H groups in total. The molecule has 19 heavy (non-hydrogen) atoms. The fourth-order valence-corrected chi connectivity index (χ4v) is 2.54. The van der Waals surface area contributed by atoms with Crippen molar-refractivity contribution in [3.63, 3.8) is 0 Å². The van der Waals surface area contributed by atoms with Gasteiger partial charge in [-0.05, 0) is 42.0 Å². The zero-order valence-electron chi connectivity index (χ0n) is 9.86. The number of nitrogens with zero attached hydrogens (tertiary/aromatic N) is 1. The fourth-order valence-electron chi connectivity index (χ4n) is 1.58. The van der Waals surface area contributed by atoms with Gasteiger partial charge < -0.3 is 5.73 Å². The van der Waals surface area contributed by atoms with Gasteiger partial charge in [0.1, 0.15) is 11.6 Å². The van der Waals surface area contributed by atoms with Crippen LogP contribution in [0.15, 0.2) is 41.3 Å². The van der Waals surface area contributed by atoms with Gasteiger partial charge in [-0.2, -0.15) is 5.26 Å². The summed E-state index contributed by atoms with van der Waals surface area (Å²) in [5, 5.41) is 8.77. The Morgan fingerprint density at radius 2 is 1.95 bits per heavy atom. The summed E-state index contributed by atoms with van der Waals surface area (Å²) in [5.74, 6) is -0.492. The molecule has 0 aliphatic rings. The van der Waals surface area contributed by atoms with E-state index in [-0.39, 0.29) is 5.82 Å². The Morgan fingerprint density at radius 1 is 1.16 bits per heavy atom. The van der Waals surface area contributed by atoms with Gasteiger partial charge in [0.15, 0.2) is 0 Å². The predicted octanol–water partition coefficient (Wildman–Crippen LogP) is 3.71. The van der Waals surface area contributed by atoms with Crippen molar-refractivity contribution in [2.45, 2.75) is 10.6 Å². The normalized spacial score (nSPS) is 10.2. The van der Waals surface area contributed by atoms with Crippen molar-refractivity contribution in [1.82, 2.24) is 0 Å². The van der Waals surface area contributed by atoms with Gasteiger partial charge in [-0.3, -0.25) is 0 Å². The molecule has 0 amide bonds. The van der Waals surface area contributed by atoms with E-state index in [1.165, 1.54) is 42.1 Å². The molecule has 0 unspecified atom stereocenters. The first kappa shape index (κ1) is 13.4. The second-order valence-corrected chi connectivity index (χ2v) is 4.98. The number of hydrogen-bond acceptors (Lipinski definition) is 3. The van der Waals surface area contributed by atoms with E-state index >= 15 is 0 Å². The first-order valence-corrected chi connectivity index (χ1v) is 6.44. The highest BCUT2D eigenvalue weighted by atomic mass is 32.2. The molecule has 2 nitrogen and oxygen atoms in total. The van der Waals surface area contributed by atoms with Gasteiger partial charge in [0.05, 0.1) is 11.6 Å². The van der Waals surface area contributed by atoms with Crippen LogP contribution >= 0.6 is 11.8 Å². The lowest BCUT2D eigenvalue weighted by Crippen LogP contribution is -1.91. The molecule has 0 bridgehead atoms. The Labute approximate surface area is 113 Å². The summed E-state index contributed by atoms with van der Waals surface area (Å²) in [7, 11) is 0. The van der Waals surface area contributed by atoms with Crippen LogP contribution in [-0.2, 0) is 5.75 Å². The number of rotatable bonds is 3. The lowest BCUT2D eigenvalue weighted by molar-refractivity contribution is 0.617. The lowest BCUT2D eigenvalue weighted by Gasteiger charge is -2.05. The van der Waals surface area contributed by atoms with E-state index in [1.807, 2.05) is 6.07 Å². The average Bonchev–Trinajstić information content (AvgIpc) is 2.37. The second kappa shape index (κ2) is 5.72. The quantitative estimate of drug-likeness (QED) is 0.686. The van der Waals surface area contributed by atoms with E-state index in [2.05, 4.69) is 0 Å². The van der Waals surface area contributed by atoms with Crippen molar-refractivity contribution in [3.8, 4) is 6.07 Å². The maximum absolute atomic E-state index is 13.5. The maximum Gasteiger partial charge on any atom is 0.127 e. The van der Waals surface area contributed by atoms with Crippen molar-refractivity contribution < 1.29 is 8.78 Å². The average molecular weight is 276 g/mol. The molecule has 2 rings (SSSR count). The fraction of sp³-hybridized carbons (Fsp3) is 0.0714. The van der Waals surface area contributed by atoms with Crippen LogP contribution in [-0.4, -0.2) is 0 Å². The minimum absolute atomic E-state index is 0.310. The zero-order valence-corrected chi connectivity index (χ0v) is 10.7. The van der Waals surface area contributed by atoms with Gasteiger partial charge >= 0.3 is 0 Å². The number of thioether (sulfide) groups is 1. The highest BCUT2D eigenvalue weighted by Crippen LogP contribution is 2.27. The molecule has 0 radical (unpaired) electrons. The van der Waals surface area contributed by atoms with E-state index in [0.717, 1.165) is 0 Å². The summed E-state index contributed by atoms with van der Waals surface area (Å²) in [6, 6.07) is 10.3. The van der Waals surface area contributed by atoms with E-state index in [4.69, 9.17) is 11.0 Å². The minimum Gasteiger partial charge on any atom is -0.399 e. The van der Waals surface area contributed by atoms with E-state index < -0.39 is 5.82 Å². The van der Waals surface area contributed by atoms with Gasteiger partial charge in [-0.25, -0.2) is 8.78 Å². The van der Waals surface area contributed by atoms with Crippen LogP contribution in [0.4, 0.5) is 14.5 Å². The topological polar surface area (TPSA) is 49.8 Å². The Morgan fingerprint density at radius 3 is 2.63 bits per heavy atom. The van der Waals surface area contributed by atoms with Crippen LogP contribution in [0.1, 0.15) is 11.1 Å². The Kier molecular flexibility index (Phi) is 4.03. The van der Waals surface area contributed by atoms with E-state index in [0.29, 0.717) is 27.5 Å². The largest absolute Gasteiger partial charge is 0.399 e. The molecular weight excluding hydrogens is 266 g/mol. The smallest absolute Gasteiger partial charge is 0.127 e. The molecule has 2 aromatic rings. The standard InChI is InChI=1S/C14H10F2N2S/c15-11-4-12(18)6-13(5-11)19-8-10-3-9(7-17)1-2-14(10)16/h1-6H,8,18H2. The van der Waals surface area contributed by atoms with Crippen LogP contribution < -0.4 is 5.73 Å². The van der Waals surface area contributed by atoms with Gasteiger partial charge in [0.2, 0.25) is 0 Å². The first-order valence-electron chi connectivity index (χ1n) is 5.46. The van der Waals surface area contributed by atoms with Crippen molar-refractivity contribution in [2.24, 2.45) is 0 Å². The third-order valence-electron chi connectivity index (χ3n) is 2.46. The molecule has 0 saturated heterocycles. The number of nitriles is 1. The number of nitrogen functional groups attached to an aromatic ring is 1. The SMILES string of the molecule is N#Cc1ccc(F)c(CSc2cc(N)cc(F)c2)c1. The van der Waals surface area contributed by atoms with Gasteiger partial charge in [-0.15, -0.1) is 11.8 Å². The number of benzene rings is 2. The summed E-state index contributed by atoms with van der Waals surface area (Å²) in [5.41, 5.74) is 6.67. The highest BCUT2D eigenvalue weighted by Gasteiger charge is 2.06. The molecule has 0 saturated carbocycles. The molecule has 0 aromatic heterocycles. The van der Waals surface area contributed by atoms with Crippen LogP contribution in [0.3, 0.4) is 0 Å². The van der Waals surface area contributed by atoms with Crippen LogP contribution in [0.2, 0.25) is 0 Å².